The Morgan fingerprint density at radius 2 is 1.17 bits per heavy atom. The molecule has 0 saturated heterocycles. The van der Waals surface area contributed by atoms with Crippen LogP contribution >= 0.6 is 0 Å². The summed E-state index contributed by atoms with van der Waals surface area (Å²) in [4.78, 5) is 5.01. The second-order valence-corrected chi connectivity index (χ2v) is 32.0. The van der Waals surface area contributed by atoms with Crippen molar-refractivity contribution in [2.45, 2.75) is 90.3 Å². The van der Waals surface area contributed by atoms with Crippen LogP contribution in [0.4, 0.5) is 0 Å². The van der Waals surface area contributed by atoms with Gasteiger partial charge in [-0.25, -0.2) is 4.98 Å². The van der Waals surface area contributed by atoms with Gasteiger partial charge in [0.25, 0.3) is 6.33 Å². The highest BCUT2D eigenvalue weighted by Crippen LogP contribution is 2.48. The van der Waals surface area contributed by atoms with Gasteiger partial charge < -0.3 is 4.74 Å². The first-order valence-corrected chi connectivity index (χ1v) is 34.6. The highest BCUT2D eigenvalue weighted by molar-refractivity contribution is 7.20. The molecule has 0 amide bonds. The van der Waals surface area contributed by atoms with Crippen molar-refractivity contribution in [1.82, 2.24) is 14.1 Å². The van der Waals surface area contributed by atoms with E-state index in [0.717, 1.165) is 49.8 Å². The van der Waals surface area contributed by atoms with Gasteiger partial charge >= 0.3 is 0 Å². The summed E-state index contributed by atoms with van der Waals surface area (Å²) in [6.07, 6.45) is -4.65. The van der Waals surface area contributed by atoms with Crippen LogP contribution in [0.25, 0.3) is 72.3 Å². The molecule has 0 atom stereocenters. The Bertz CT molecular complexity index is 6920. The number of rotatable bonds is 13. The van der Waals surface area contributed by atoms with Crippen LogP contribution in [0.1, 0.15) is 130 Å². The van der Waals surface area contributed by atoms with E-state index >= 15 is 0 Å². The Morgan fingerprint density at radius 1 is 0.548 bits per heavy atom. The highest BCUT2D eigenvalue weighted by Gasteiger charge is 2.42. The van der Waals surface area contributed by atoms with E-state index in [1.54, 1.807) is 42.6 Å². The molecule has 1 aliphatic rings. The summed E-state index contributed by atoms with van der Waals surface area (Å²) in [5.41, 5.74) is -15.3. The average Bonchev–Trinajstić information content (AvgIpc) is 1.06. The van der Waals surface area contributed by atoms with Gasteiger partial charge in [0.15, 0.2) is 8.07 Å². The van der Waals surface area contributed by atoms with Gasteiger partial charge in [-0.05, 0) is 136 Å². The van der Waals surface area contributed by atoms with Crippen molar-refractivity contribution in [3.8, 4) is 50.9 Å². The van der Waals surface area contributed by atoms with Gasteiger partial charge in [0.1, 0.15) is 25.4 Å². The summed E-state index contributed by atoms with van der Waals surface area (Å²) in [6, 6.07) is 11.5. The van der Waals surface area contributed by atoms with Crippen LogP contribution in [0.5, 0.6) is 11.5 Å². The fourth-order valence-electron chi connectivity index (χ4n) is 12.4. The van der Waals surface area contributed by atoms with Gasteiger partial charge in [-0.1, -0.05) is 296 Å². The zero-order valence-electron chi connectivity index (χ0n) is 88.6. The number of ether oxygens (including phenoxy) is 1. The summed E-state index contributed by atoms with van der Waals surface area (Å²) >= 11 is 0. The number of nitrogens with zero attached hydrogens (tertiary/aromatic N) is 4. The molecule has 15 rings (SSSR count). The standard InChI is InChI=1S/C86H78N4OSi2/c1-84(2,3)62-50-53-87-81(56-62)90-79-58-65(47-48-73(79)74-42-27-45-80(83(74)90)92(8,9)66-31-14-10-15-32-66)91-64-30-25-29-63(57-64)88-59-89(78-44-23-22-43-77(78)88)82-71(40-26-41-72(82)61-46-49-75-76(55-61)86(6,7)52-51-85(75,4)5)60-28-24-39-70(54-60)93(67-33-16-11-17-34-67,68-35-18-12-19-36-68)69-37-20-13-21-38-69/h10-50,53-58H,51-52H2,1-9H3/i4D3,5D3,6D3,7D3,11D,12D,13D,16D,17D,18D,19D,20D,21D,24D,28D,33D,34D,35D,36D,37D,38D,39D,46D,49D,51D2,52D2,54D,55D. The molecule has 0 bridgehead atoms. The maximum absolute atomic E-state index is 11.1. The van der Waals surface area contributed by atoms with E-state index in [2.05, 4.69) is 63.0 Å². The van der Waals surface area contributed by atoms with Crippen molar-refractivity contribution in [3.63, 3.8) is 0 Å². The average molecular weight is 1280 g/mol. The highest BCUT2D eigenvalue weighted by atomic mass is 28.3. The second kappa shape index (κ2) is 23.0. The summed E-state index contributed by atoms with van der Waals surface area (Å²) in [7, 11) is -9.26. The molecule has 0 unspecified atom stereocenters. The van der Waals surface area contributed by atoms with Crippen molar-refractivity contribution >= 4 is 80.1 Å². The molecular weight excluding hydrogens is 1160 g/mol. The molecule has 1 aliphatic carbocycles. The van der Waals surface area contributed by atoms with Crippen LogP contribution in [0.2, 0.25) is 13.1 Å². The molecule has 456 valence electrons. The third-order valence-electron chi connectivity index (χ3n) is 17.1. The molecule has 5 nitrogen and oxygen atoms in total. The van der Waals surface area contributed by atoms with Crippen LogP contribution in [-0.2, 0) is 16.2 Å². The Labute approximate surface area is 603 Å². The molecule has 93 heavy (non-hydrogen) atoms. The Balaban J connectivity index is 1.09. The summed E-state index contributed by atoms with van der Waals surface area (Å²) < 4.78 is 374. The third-order valence-corrected chi connectivity index (χ3v) is 24.6. The fraction of sp³-hybridized carbons (Fsp3) is 0.163. The molecule has 3 heterocycles. The first-order valence-electron chi connectivity index (χ1n) is 48.6. The number of hydrogen-bond acceptors (Lipinski definition) is 2. The first kappa shape index (κ1) is 30.7. The normalized spacial score (nSPS) is 21.4. The number of hydrogen-bond donors (Lipinski definition) is 0. The molecule has 0 N–H and O–H groups in total. The van der Waals surface area contributed by atoms with Crippen LogP contribution in [0.3, 0.4) is 0 Å². The van der Waals surface area contributed by atoms with Gasteiger partial charge in [-0.15, -0.1) is 0 Å². The number of aromatic nitrogens is 4. The van der Waals surface area contributed by atoms with Gasteiger partial charge in [0.2, 0.25) is 0 Å². The zero-order chi connectivity index (χ0) is 96.6. The number of para-hydroxylation sites is 4. The van der Waals surface area contributed by atoms with Crippen LogP contribution in [0, 0.1) is 6.33 Å². The van der Waals surface area contributed by atoms with E-state index in [9.17, 15) is 39.8 Å². The van der Waals surface area contributed by atoms with Crippen molar-refractivity contribution in [1.29, 1.82) is 0 Å². The lowest BCUT2D eigenvalue weighted by Crippen LogP contribution is -2.74. The molecule has 0 saturated carbocycles. The van der Waals surface area contributed by atoms with Gasteiger partial charge in [0.05, 0.1) is 63.6 Å². The lowest BCUT2D eigenvalue weighted by molar-refractivity contribution is -0.571. The Morgan fingerprint density at radius 3 is 1.86 bits per heavy atom. The third kappa shape index (κ3) is 10.3. The molecule has 3 aromatic heterocycles. The van der Waals surface area contributed by atoms with Crippen molar-refractivity contribution < 1.29 is 61.4 Å². The SMILES string of the molecule is [2H]c1c([2H])c([2H])c([Si](c2c([2H])c([2H])c([2H])c([2H])c2[2H])(c2c([2H])c([2H])c([2H])c([2H])c2[2H])c2c([2H])c([2H])c([2H])c(-c3cccc(-c4c([2H])c([2H])c5c(c4[2H])C(C([2H])([2H])[2H])(C([2H])([2H])[2H])C([2H])([2H])C([2H])([2H])C5(C([2H])([2H])[2H])C([2H])([2H])[2H])c3-[n+]3[c-]n(-c4cccc(Oc5ccc6c7cccc([Si](C)(C)c8ccccc8)c7n(-c7cc(C(C)(C)C)ccn7)c6c5)c4)c4ccccc43)c2[2H])c([2H])c1[2H]. The molecule has 0 spiro atoms. The minimum Gasteiger partial charge on any atom is -0.458 e. The van der Waals surface area contributed by atoms with Crippen molar-refractivity contribution in [2.75, 3.05) is 0 Å². The van der Waals surface area contributed by atoms with Crippen LogP contribution < -0.4 is 40.4 Å². The number of pyridine rings is 1. The van der Waals surface area contributed by atoms with Crippen molar-refractivity contribution in [2.24, 2.45) is 0 Å². The van der Waals surface area contributed by atoms with E-state index < -0.39 is 260 Å². The predicted octanol–water partition coefficient (Wildman–Crippen LogP) is 17.2. The number of fused-ring (bicyclic) bond motifs is 5. The molecule has 14 aromatic rings. The number of imidazole rings is 1. The van der Waals surface area contributed by atoms with Crippen molar-refractivity contribution in [3.05, 3.63) is 308 Å². The maximum Gasteiger partial charge on any atom is 0.269 e. The van der Waals surface area contributed by atoms with Crippen LogP contribution in [-0.4, -0.2) is 30.3 Å². The monoisotopic (exact) mass is 1280 g/mol. The van der Waals surface area contributed by atoms with Gasteiger partial charge in [-0.3, -0.25) is 13.7 Å². The van der Waals surface area contributed by atoms with E-state index in [1.165, 1.54) is 28.0 Å². The number of benzene rings is 11. The Hall–Kier alpha value is -9.93. The maximum atomic E-state index is 11.1. The second-order valence-electron chi connectivity index (χ2n) is 24.2. The summed E-state index contributed by atoms with van der Waals surface area (Å²) in [5.74, 6) is 1.07. The topological polar surface area (TPSA) is 35.9 Å². The molecular formula is C86H78N4OSi2. The molecule has 11 aromatic carbocycles. The first-order chi connectivity index (χ1) is 60.7. The minimum absolute atomic E-state index is 0.0924. The summed E-state index contributed by atoms with van der Waals surface area (Å²) in [5, 5.41) is -0.945. The van der Waals surface area contributed by atoms with E-state index in [1.807, 2.05) is 54.6 Å². The molecule has 0 radical (unpaired) electrons. The largest absolute Gasteiger partial charge is 0.458 e. The van der Waals surface area contributed by atoms with E-state index in [0.29, 0.717) is 17.1 Å². The lowest BCUT2D eigenvalue weighted by Gasteiger charge is -2.42. The van der Waals surface area contributed by atoms with Crippen LogP contribution in [0.15, 0.2) is 285 Å². The molecule has 0 fully saturated rings. The summed E-state index contributed by atoms with van der Waals surface area (Å²) in [6.45, 7) is -7.34. The zero-order valence-corrected chi connectivity index (χ0v) is 52.6. The molecule has 0 aliphatic heterocycles. The smallest absolute Gasteiger partial charge is 0.269 e. The molecule has 7 heteroatoms. The van der Waals surface area contributed by atoms with E-state index in [4.69, 9.17) is 22.1 Å². The minimum atomic E-state index is -6.71. The lowest BCUT2D eigenvalue weighted by atomic mass is 9.63. The Kier molecular flexibility index (Phi) is 7.59. The van der Waals surface area contributed by atoms with E-state index in [-0.39, 0.29) is 27.9 Å². The van der Waals surface area contributed by atoms with Gasteiger partial charge in [-0.2, -0.15) is 0 Å². The van der Waals surface area contributed by atoms with Gasteiger partial charge in [0, 0.05) is 45.0 Å². The predicted molar refractivity (Wildman–Crippen MR) is 394 cm³/mol. The quantitative estimate of drug-likeness (QED) is 0.0499. The fourth-order valence-corrected chi connectivity index (χ4v) is 18.7.